The molecule has 0 aliphatic heterocycles. The summed E-state index contributed by atoms with van der Waals surface area (Å²) in [6.07, 6.45) is 9.35. The fourth-order valence-corrected chi connectivity index (χ4v) is 9.43. The van der Waals surface area contributed by atoms with Gasteiger partial charge in [-0.25, -0.2) is 0 Å². The molecule has 0 heterocycles. The van der Waals surface area contributed by atoms with Crippen molar-refractivity contribution < 1.29 is 28.7 Å². The van der Waals surface area contributed by atoms with Crippen LogP contribution in [0.1, 0.15) is 78.4 Å². The third-order valence-electron chi connectivity index (χ3n) is 13.3. The van der Waals surface area contributed by atoms with Crippen molar-refractivity contribution in [2.24, 2.45) is 0 Å². The first kappa shape index (κ1) is 49.5. The van der Waals surface area contributed by atoms with Crippen LogP contribution in [0.2, 0.25) is 5.02 Å². The number of benzene rings is 5. The molecule has 12 nitrogen and oxygen atoms in total. The summed E-state index contributed by atoms with van der Waals surface area (Å²) in [6, 6.07) is 37.3. The van der Waals surface area contributed by atoms with Crippen LogP contribution in [-0.4, -0.2) is 91.6 Å². The molecular formula is C53H64ClN5O7. The highest BCUT2D eigenvalue weighted by Crippen LogP contribution is 2.38. The van der Waals surface area contributed by atoms with Gasteiger partial charge in [-0.05, 0) is 159 Å². The number of halogens is 1. The summed E-state index contributed by atoms with van der Waals surface area (Å²) in [5.74, 6) is 1.71. The van der Waals surface area contributed by atoms with Crippen LogP contribution < -0.4 is 24.8 Å². The maximum Gasteiger partial charge on any atom is 0.270 e. The molecule has 0 bridgehead atoms. The smallest absolute Gasteiger partial charge is 0.270 e. The molecule has 0 atom stereocenters. The van der Waals surface area contributed by atoms with Crippen LogP contribution in [0.15, 0.2) is 121 Å². The number of ether oxygens (including phenoxy) is 3. The summed E-state index contributed by atoms with van der Waals surface area (Å²) in [4.78, 5) is 41.2. The fourth-order valence-electron chi connectivity index (χ4n) is 9.23. The van der Waals surface area contributed by atoms with Crippen LogP contribution in [0.4, 0.5) is 5.69 Å². The third-order valence-corrected chi connectivity index (χ3v) is 13.7. The Morgan fingerprint density at radius 2 is 1.30 bits per heavy atom. The van der Waals surface area contributed by atoms with Gasteiger partial charge in [0.2, 0.25) is 0 Å². The van der Waals surface area contributed by atoms with Crippen LogP contribution in [0.5, 0.6) is 23.0 Å². The minimum Gasteiger partial charge on any atom is -0.497 e. The van der Waals surface area contributed by atoms with Gasteiger partial charge in [-0.3, -0.25) is 19.7 Å². The van der Waals surface area contributed by atoms with E-state index < -0.39 is 4.92 Å². The number of non-ortho nitro benzene ring substituents is 1. The van der Waals surface area contributed by atoms with E-state index in [9.17, 15) is 19.7 Å². The van der Waals surface area contributed by atoms with Gasteiger partial charge in [0.15, 0.2) is 6.61 Å². The van der Waals surface area contributed by atoms with Crippen LogP contribution in [0, 0.1) is 17.0 Å². The number of aryl methyl sites for hydroxylation is 1. The quantitative estimate of drug-likeness (QED) is 0.0733. The first-order chi connectivity index (χ1) is 31.7. The molecule has 2 saturated carbocycles. The summed E-state index contributed by atoms with van der Waals surface area (Å²) in [5, 5.41) is 18.5. The minimum absolute atomic E-state index is 0.0171. The summed E-state index contributed by atoms with van der Waals surface area (Å²) in [6.45, 7) is 2.16. The molecule has 2 aliphatic rings. The average molecular weight is 919 g/mol. The number of methoxy groups -OCH3 is 1. The number of hydrogen-bond donors (Lipinski definition) is 2. The number of likely N-dealkylation sites (N-methyl/N-ethyl adjacent to an activating group) is 2. The molecule has 0 spiro atoms. The average Bonchev–Trinajstić information content (AvgIpc) is 3.31. The van der Waals surface area contributed by atoms with Crippen LogP contribution in [0.25, 0.3) is 0 Å². The van der Waals surface area contributed by atoms with Gasteiger partial charge in [-0.15, -0.1) is 0 Å². The molecule has 0 aromatic heterocycles. The van der Waals surface area contributed by atoms with Crippen LogP contribution in [-0.2, 0) is 17.6 Å². The number of carbonyl (C=O) groups excluding carboxylic acids is 2. The van der Waals surface area contributed by atoms with Gasteiger partial charge in [0.25, 0.3) is 17.5 Å². The maximum atomic E-state index is 13.4. The lowest BCUT2D eigenvalue weighted by molar-refractivity contribution is -0.384. The first-order valence-corrected chi connectivity index (χ1v) is 23.1. The standard InChI is InChI=1S/C30H35N3O5.C23H29ClN2O2/c1-21-6-5-7-22(18-21)20-30(32(2)3)16-14-23(15-17-30)31-29(34)27-19-24(33(35)36)8-13-28(27)38-26-11-9-25(37-4)10-12-26;1-26(2)23(16-18-8-6-7-11-21(18)24)14-12-19(13-15-23)25-22(27)17-28-20-9-4-3-5-10-20/h5-13,18-19,23H,14-17,20H2,1-4H3,(H,31,34);3-11,19H,12-17H2,1-2H3,(H,25,27). The van der Waals surface area contributed by atoms with E-state index in [1.165, 1.54) is 34.9 Å². The van der Waals surface area contributed by atoms with Gasteiger partial charge >= 0.3 is 0 Å². The van der Waals surface area contributed by atoms with Crippen LogP contribution >= 0.6 is 11.6 Å². The molecule has 0 saturated heterocycles. The Morgan fingerprint density at radius 1 is 0.712 bits per heavy atom. The zero-order valence-corrected chi connectivity index (χ0v) is 39.8. The van der Waals surface area contributed by atoms with E-state index in [1.807, 2.05) is 48.5 Å². The van der Waals surface area contributed by atoms with Crippen molar-refractivity contribution in [2.45, 2.75) is 94.3 Å². The minimum atomic E-state index is -0.509. The third kappa shape index (κ3) is 13.3. The van der Waals surface area contributed by atoms with Gasteiger partial charge in [-0.1, -0.05) is 77.8 Å². The van der Waals surface area contributed by atoms with Crippen molar-refractivity contribution in [3.05, 3.63) is 159 Å². The fraction of sp³-hybridized carbons (Fsp3) is 0.396. The second-order valence-electron chi connectivity index (χ2n) is 18.1. The summed E-state index contributed by atoms with van der Waals surface area (Å²) >= 11 is 6.40. The molecular weight excluding hydrogens is 854 g/mol. The molecule has 13 heteroatoms. The highest BCUT2D eigenvalue weighted by Gasteiger charge is 2.39. The highest BCUT2D eigenvalue weighted by atomic mass is 35.5. The van der Waals surface area contributed by atoms with Crippen molar-refractivity contribution in [1.82, 2.24) is 20.4 Å². The maximum absolute atomic E-state index is 13.4. The number of nitro benzene ring substituents is 1. The van der Waals surface area contributed by atoms with E-state index >= 15 is 0 Å². The number of hydrogen-bond acceptors (Lipinski definition) is 9. The van der Waals surface area contributed by atoms with Gasteiger partial charge in [-0.2, -0.15) is 0 Å². The Balaban J connectivity index is 0.000000229. The van der Waals surface area contributed by atoms with Crippen molar-refractivity contribution in [3.63, 3.8) is 0 Å². The van der Waals surface area contributed by atoms with E-state index in [1.54, 1.807) is 31.4 Å². The normalized spacial score (nSPS) is 20.4. The first-order valence-electron chi connectivity index (χ1n) is 22.7. The Hall–Kier alpha value is -5.95. The Morgan fingerprint density at radius 3 is 1.89 bits per heavy atom. The predicted octanol–water partition coefficient (Wildman–Crippen LogP) is 10.2. The van der Waals surface area contributed by atoms with Crippen molar-refractivity contribution in [2.75, 3.05) is 41.9 Å². The molecule has 350 valence electrons. The van der Waals surface area contributed by atoms with Crippen LogP contribution in [0.3, 0.4) is 0 Å². The number of nitrogens with zero attached hydrogens (tertiary/aromatic N) is 3. The molecule has 2 N–H and O–H groups in total. The predicted molar refractivity (Wildman–Crippen MR) is 261 cm³/mol. The van der Waals surface area contributed by atoms with E-state index in [-0.39, 0.29) is 58.6 Å². The number of rotatable bonds is 16. The zero-order chi connectivity index (χ0) is 47.3. The number of carbonyl (C=O) groups is 2. The topological polar surface area (TPSA) is 136 Å². The van der Waals surface area contributed by atoms with E-state index in [0.717, 1.165) is 69.2 Å². The Kier molecular flexibility index (Phi) is 17.2. The largest absolute Gasteiger partial charge is 0.497 e. The summed E-state index contributed by atoms with van der Waals surface area (Å²) in [7, 11) is 10.1. The van der Waals surface area contributed by atoms with Crippen molar-refractivity contribution in [1.29, 1.82) is 0 Å². The molecule has 7 rings (SSSR count). The molecule has 5 aromatic carbocycles. The lowest BCUT2D eigenvalue weighted by Crippen LogP contribution is -2.52. The molecule has 0 unspecified atom stereocenters. The van der Waals surface area contributed by atoms with E-state index in [0.29, 0.717) is 17.2 Å². The van der Waals surface area contributed by atoms with E-state index in [2.05, 4.69) is 85.9 Å². The molecule has 66 heavy (non-hydrogen) atoms. The van der Waals surface area contributed by atoms with Gasteiger partial charge in [0.05, 0.1) is 17.6 Å². The SMILES string of the molecule is CN(C)C1(Cc2ccccc2Cl)CCC(NC(=O)COc2ccccc2)CC1.COc1ccc(Oc2ccc([N+](=O)[O-])cc2C(=O)NC2CCC(Cc3cccc(C)c3)(N(C)C)CC2)cc1. The van der Waals surface area contributed by atoms with Gasteiger partial charge in [0, 0.05) is 40.3 Å². The molecule has 2 fully saturated rings. The van der Waals surface area contributed by atoms with Gasteiger partial charge in [0.1, 0.15) is 23.0 Å². The Labute approximate surface area is 394 Å². The van der Waals surface area contributed by atoms with Crippen molar-refractivity contribution >= 4 is 29.1 Å². The number of nitro groups is 1. The number of para-hydroxylation sites is 1. The molecule has 5 aromatic rings. The second-order valence-corrected chi connectivity index (χ2v) is 18.5. The second kappa shape index (κ2) is 23.0. The highest BCUT2D eigenvalue weighted by molar-refractivity contribution is 6.31. The lowest BCUT2D eigenvalue weighted by atomic mass is 9.74. The number of amides is 2. The zero-order valence-electron chi connectivity index (χ0n) is 39.1. The monoisotopic (exact) mass is 917 g/mol. The summed E-state index contributed by atoms with van der Waals surface area (Å²) in [5.41, 5.74) is 3.83. The lowest BCUT2D eigenvalue weighted by Gasteiger charge is -2.45. The molecule has 2 aliphatic carbocycles. The van der Waals surface area contributed by atoms with Gasteiger partial charge < -0.3 is 34.6 Å². The molecule has 2 amide bonds. The Bertz CT molecular complexity index is 2380. The van der Waals surface area contributed by atoms with Crippen molar-refractivity contribution in [3.8, 4) is 23.0 Å². The number of nitrogens with one attached hydrogen (secondary N) is 2. The molecule has 0 radical (unpaired) electrons. The van der Waals surface area contributed by atoms with E-state index in [4.69, 9.17) is 25.8 Å². The summed E-state index contributed by atoms with van der Waals surface area (Å²) < 4.78 is 16.7.